The monoisotopic (exact) mass is 186 g/mol. The molecule has 4 heteroatoms. The number of primary amides is 1. The first-order chi connectivity index (χ1) is 6.18. The Hall–Kier alpha value is -0.610. The molecule has 0 aromatic carbocycles. The second-order valence-electron chi connectivity index (χ2n) is 3.61. The summed E-state index contributed by atoms with van der Waals surface area (Å²) in [6.07, 6.45) is 2.90. The van der Waals surface area contributed by atoms with Gasteiger partial charge in [0.2, 0.25) is 5.91 Å². The van der Waals surface area contributed by atoms with Crippen LogP contribution in [0.15, 0.2) is 0 Å². The van der Waals surface area contributed by atoms with Crippen LogP contribution in [0.25, 0.3) is 0 Å². The van der Waals surface area contributed by atoms with Gasteiger partial charge in [-0.05, 0) is 26.4 Å². The van der Waals surface area contributed by atoms with Gasteiger partial charge in [0.25, 0.3) is 0 Å². The summed E-state index contributed by atoms with van der Waals surface area (Å²) in [6.45, 7) is 2.59. The van der Waals surface area contributed by atoms with Gasteiger partial charge >= 0.3 is 0 Å². The lowest BCUT2D eigenvalue weighted by Gasteiger charge is -2.29. The molecule has 1 atom stereocenters. The van der Waals surface area contributed by atoms with E-state index in [9.17, 15) is 4.79 Å². The molecule has 1 rings (SSSR count). The highest BCUT2D eigenvalue weighted by Crippen LogP contribution is 2.11. The van der Waals surface area contributed by atoms with E-state index in [0.717, 1.165) is 19.5 Å². The van der Waals surface area contributed by atoms with E-state index in [4.69, 9.17) is 10.5 Å². The average Bonchev–Trinajstić information content (AvgIpc) is 2.03. The van der Waals surface area contributed by atoms with Crippen molar-refractivity contribution in [1.29, 1.82) is 0 Å². The molecule has 0 bridgehead atoms. The topological polar surface area (TPSA) is 55.6 Å². The Morgan fingerprint density at radius 3 is 3.08 bits per heavy atom. The largest absolute Gasteiger partial charge is 0.376 e. The van der Waals surface area contributed by atoms with Crippen molar-refractivity contribution in [3.8, 4) is 0 Å². The van der Waals surface area contributed by atoms with Gasteiger partial charge in [0.15, 0.2) is 0 Å². The summed E-state index contributed by atoms with van der Waals surface area (Å²) >= 11 is 0. The number of hydrogen-bond donors (Lipinski definition) is 1. The fraction of sp³-hybridized carbons (Fsp3) is 0.889. The third kappa shape index (κ3) is 4.24. The molecule has 0 aromatic heterocycles. The highest BCUT2D eigenvalue weighted by atomic mass is 16.5. The Morgan fingerprint density at radius 1 is 1.69 bits per heavy atom. The highest BCUT2D eigenvalue weighted by Gasteiger charge is 2.17. The maximum absolute atomic E-state index is 10.4. The molecule has 1 fully saturated rings. The van der Waals surface area contributed by atoms with Crippen LogP contribution in [0.2, 0.25) is 0 Å². The van der Waals surface area contributed by atoms with Crippen molar-refractivity contribution in [2.45, 2.75) is 25.4 Å². The predicted octanol–water partition coefficient (Wildman–Crippen LogP) is -0.0274. The first-order valence-electron chi connectivity index (χ1n) is 4.77. The van der Waals surface area contributed by atoms with Gasteiger partial charge in [0.1, 0.15) is 0 Å². The summed E-state index contributed by atoms with van der Waals surface area (Å²) in [7, 11) is 2.09. The van der Waals surface area contributed by atoms with Crippen molar-refractivity contribution in [3.63, 3.8) is 0 Å². The first-order valence-corrected chi connectivity index (χ1v) is 4.77. The van der Waals surface area contributed by atoms with E-state index in [2.05, 4.69) is 11.9 Å². The lowest BCUT2D eigenvalue weighted by atomic mass is 10.1. The lowest BCUT2D eigenvalue weighted by molar-refractivity contribution is -0.119. The Balaban J connectivity index is 2.10. The third-order valence-electron chi connectivity index (χ3n) is 2.28. The zero-order chi connectivity index (χ0) is 9.68. The van der Waals surface area contributed by atoms with Crippen molar-refractivity contribution < 1.29 is 9.53 Å². The van der Waals surface area contributed by atoms with Crippen LogP contribution in [0.1, 0.15) is 19.3 Å². The number of nitrogens with two attached hydrogens (primary N) is 1. The Bertz CT molecular complexity index is 173. The Kier molecular flexibility index (Phi) is 4.18. The predicted molar refractivity (Wildman–Crippen MR) is 50.3 cm³/mol. The van der Waals surface area contributed by atoms with Gasteiger partial charge in [-0.25, -0.2) is 0 Å². The van der Waals surface area contributed by atoms with Gasteiger partial charge in [-0.1, -0.05) is 0 Å². The van der Waals surface area contributed by atoms with Crippen molar-refractivity contribution in [2.24, 2.45) is 5.73 Å². The minimum atomic E-state index is -0.288. The van der Waals surface area contributed by atoms with Crippen LogP contribution in [-0.2, 0) is 9.53 Å². The smallest absolute Gasteiger partial charge is 0.219 e. The fourth-order valence-corrected chi connectivity index (χ4v) is 1.58. The number of hydrogen-bond acceptors (Lipinski definition) is 3. The van der Waals surface area contributed by atoms with Crippen LogP contribution >= 0.6 is 0 Å². The molecule has 1 heterocycles. The van der Waals surface area contributed by atoms with Gasteiger partial charge in [-0.2, -0.15) is 0 Å². The SMILES string of the molecule is CN1CCCC(OCCC(N)=O)C1. The normalized spacial score (nSPS) is 24.5. The summed E-state index contributed by atoms with van der Waals surface area (Å²) < 4.78 is 5.52. The standard InChI is InChI=1S/C9H18N2O2/c1-11-5-2-3-8(7-11)13-6-4-9(10)12/h8H,2-7H2,1H3,(H2,10,12). The molecule has 0 aromatic rings. The number of rotatable bonds is 4. The minimum absolute atomic E-state index is 0.288. The van der Waals surface area contributed by atoms with Crippen molar-refractivity contribution in [1.82, 2.24) is 4.90 Å². The molecule has 76 valence electrons. The molecule has 1 aliphatic heterocycles. The molecule has 4 nitrogen and oxygen atoms in total. The minimum Gasteiger partial charge on any atom is -0.376 e. The zero-order valence-corrected chi connectivity index (χ0v) is 8.16. The zero-order valence-electron chi connectivity index (χ0n) is 8.16. The summed E-state index contributed by atoms with van der Waals surface area (Å²) in [6, 6.07) is 0. The molecular formula is C9H18N2O2. The number of piperidine rings is 1. The molecule has 1 unspecified atom stereocenters. The molecule has 0 spiro atoms. The molecule has 0 aliphatic carbocycles. The number of likely N-dealkylation sites (N-methyl/N-ethyl adjacent to an activating group) is 1. The van der Waals surface area contributed by atoms with Gasteiger partial charge in [0.05, 0.1) is 12.7 Å². The third-order valence-corrected chi connectivity index (χ3v) is 2.28. The van der Waals surface area contributed by atoms with Gasteiger partial charge in [-0.15, -0.1) is 0 Å². The van der Waals surface area contributed by atoms with Crippen LogP contribution in [-0.4, -0.2) is 43.7 Å². The highest BCUT2D eigenvalue weighted by molar-refractivity contribution is 5.73. The van der Waals surface area contributed by atoms with E-state index in [0.29, 0.717) is 13.0 Å². The van der Waals surface area contributed by atoms with Crippen LogP contribution in [0.5, 0.6) is 0 Å². The molecule has 1 aliphatic rings. The first kappa shape index (κ1) is 10.5. The van der Waals surface area contributed by atoms with E-state index in [1.165, 1.54) is 6.42 Å². The van der Waals surface area contributed by atoms with E-state index < -0.39 is 0 Å². The molecule has 13 heavy (non-hydrogen) atoms. The van der Waals surface area contributed by atoms with E-state index in [1.807, 2.05) is 0 Å². The fourth-order valence-electron chi connectivity index (χ4n) is 1.58. The number of likely N-dealkylation sites (tertiary alicyclic amines) is 1. The van der Waals surface area contributed by atoms with E-state index >= 15 is 0 Å². The Labute approximate surface area is 79.0 Å². The summed E-state index contributed by atoms with van der Waals surface area (Å²) in [5.41, 5.74) is 5.01. The molecule has 1 amide bonds. The van der Waals surface area contributed by atoms with Crippen molar-refractivity contribution in [2.75, 3.05) is 26.7 Å². The summed E-state index contributed by atoms with van der Waals surface area (Å²) in [5.74, 6) is -0.288. The van der Waals surface area contributed by atoms with Gasteiger partial charge in [0, 0.05) is 13.0 Å². The maximum Gasteiger partial charge on any atom is 0.219 e. The van der Waals surface area contributed by atoms with Crippen LogP contribution in [0, 0.1) is 0 Å². The van der Waals surface area contributed by atoms with Crippen molar-refractivity contribution >= 4 is 5.91 Å². The van der Waals surface area contributed by atoms with Gasteiger partial charge in [-0.3, -0.25) is 4.79 Å². The van der Waals surface area contributed by atoms with Crippen LogP contribution in [0.4, 0.5) is 0 Å². The molecule has 0 saturated carbocycles. The quantitative estimate of drug-likeness (QED) is 0.671. The van der Waals surface area contributed by atoms with E-state index in [-0.39, 0.29) is 12.0 Å². The number of carbonyl (C=O) groups is 1. The second kappa shape index (κ2) is 5.19. The average molecular weight is 186 g/mol. The van der Waals surface area contributed by atoms with Gasteiger partial charge < -0.3 is 15.4 Å². The summed E-state index contributed by atoms with van der Waals surface area (Å²) in [5, 5.41) is 0. The number of ether oxygens (including phenoxy) is 1. The Morgan fingerprint density at radius 2 is 2.46 bits per heavy atom. The molecule has 0 radical (unpaired) electrons. The molecule has 1 saturated heterocycles. The number of amides is 1. The summed E-state index contributed by atoms with van der Waals surface area (Å²) in [4.78, 5) is 12.7. The molecule has 2 N–H and O–H groups in total. The molecular weight excluding hydrogens is 168 g/mol. The maximum atomic E-state index is 10.4. The van der Waals surface area contributed by atoms with Crippen LogP contribution in [0.3, 0.4) is 0 Å². The van der Waals surface area contributed by atoms with Crippen LogP contribution < -0.4 is 5.73 Å². The second-order valence-corrected chi connectivity index (χ2v) is 3.61. The number of nitrogens with zero attached hydrogens (tertiary/aromatic N) is 1. The van der Waals surface area contributed by atoms with E-state index in [1.54, 1.807) is 0 Å². The van der Waals surface area contributed by atoms with Crippen molar-refractivity contribution in [3.05, 3.63) is 0 Å². The lowest BCUT2D eigenvalue weighted by Crippen LogP contribution is -2.37. The number of carbonyl (C=O) groups excluding carboxylic acids is 1.